The average Bonchev–Trinajstić information content (AvgIpc) is 2.85. The monoisotopic (exact) mass is 317 g/mol. The maximum atomic E-state index is 12.1. The van der Waals surface area contributed by atoms with Gasteiger partial charge in [0, 0.05) is 18.0 Å². The van der Waals surface area contributed by atoms with Crippen LogP contribution in [0.1, 0.15) is 31.3 Å². The molecular formula is C13H14F3N3OS. The summed E-state index contributed by atoms with van der Waals surface area (Å²) in [5, 5.41) is 3.85. The summed E-state index contributed by atoms with van der Waals surface area (Å²) < 4.78 is 44.2. The number of ether oxygens (including phenoxy) is 1. The number of hydrogen-bond donors (Lipinski definition) is 1. The Balaban J connectivity index is 2.00. The zero-order valence-corrected chi connectivity index (χ0v) is 12.3. The largest absolute Gasteiger partial charge is 0.573 e. The number of aromatic nitrogens is 2. The Morgan fingerprint density at radius 1 is 1.29 bits per heavy atom. The Labute approximate surface area is 124 Å². The topological polar surface area (TPSA) is 47.0 Å². The van der Waals surface area contributed by atoms with E-state index in [1.807, 2.05) is 13.8 Å². The third-order valence-electron chi connectivity index (χ3n) is 2.74. The van der Waals surface area contributed by atoms with Gasteiger partial charge in [-0.05, 0) is 24.6 Å². The van der Waals surface area contributed by atoms with Gasteiger partial charge >= 0.3 is 6.36 Å². The molecule has 1 aromatic heterocycles. The number of benzene rings is 1. The van der Waals surface area contributed by atoms with Gasteiger partial charge in [0.05, 0.1) is 6.04 Å². The number of rotatable bonds is 5. The van der Waals surface area contributed by atoms with Crippen molar-refractivity contribution < 1.29 is 17.9 Å². The summed E-state index contributed by atoms with van der Waals surface area (Å²) >= 11 is 1.26. The zero-order chi connectivity index (χ0) is 15.5. The first-order valence-electron chi connectivity index (χ1n) is 6.32. The van der Waals surface area contributed by atoms with Gasteiger partial charge in [0.15, 0.2) is 0 Å². The Bertz CT molecular complexity index is 583. The summed E-state index contributed by atoms with van der Waals surface area (Å²) in [6.07, 6.45) is -3.91. The van der Waals surface area contributed by atoms with E-state index in [1.165, 1.54) is 23.7 Å². The van der Waals surface area contributed by atoms with E-state index in [2.05, 4.69) is 19.4 Å². The molecule has 0 spiro atoms. The van der Waals surface area contributed by atoms with E-state index < -0.39 is 6.36 Å². The molecule has 0 bridgehead atoms. The third kappa shape index (κ3) is 4.59. The van der Waals surface area contributed by atoms with Crippen molar-refractivity contribution in [2.45, 2.75) is 32.7 Å². The Morgan fingerprint density at radius 3 is 2.48 bits per heavy atom. The molecule has 0 saturated heterocycles. The molecule has 8 heteroatoms. The lowest BCUT2D eigenvalue weighted by Gasteiger charge is -2.14. The van der Waals surface area contributed by atoms with Gasteiger partial charge in [0.1, 0.15) is 11.6 Å². The number of alkyl halides is 3. The van der Waals surface area contributed by atoms with E-state index in [-0.39, 0.29) is 11.8 Å². The molecule has 0 unspecified atom stereocenters. The van der Waals surface area contributed by atoms with Crippen molar-refractivity contribution in [3.8, 4) is 5.75 Å². The molecule has 114 valence electrons. The van der Waals surface area contributed by atoms with E-state index in [9.17, 15) is 13.2 Å². The second-order valence-electron chi connectivity index (χ2n) is 4.35. The van der Waals surface area contributed by atoms with Gasteiger partial charge in [-0.15, -0.1) is 13.2 Å². The number of nitrogens with zero attached hydrogens (tertiary/aromatic N) is 2. The van der Waals surface area contributed by atoms with Crippen molar-refractivity contribution in [1.82, 2.24) is 9.36 Å². The van der Waals surface area contributed by atoms with Crippen LogP contribution >= 0.6 is 11.5 Å². The Morgan fingerprint density at radius 2 is 1.95 bits per heavy atom. The van der Waals surface area contributed by atoms with Crippen LogP contribution in [0.15, 0.2) is 24.3 Å². The summed E-state index contributed by atoms with van der Waals surface area (Å²) in [5.41, 5.74) is 0.831. The number of anilines is 1. The summed E-state index contributed by atoms with van der Waals surface area (Å²) in [4.78, 5) is 4.28. The van der Waals surface area contributed by atoms with Crippen molar-refractivity contribution in [2.75, 3.05) is 5.32 Å². The van der Waals surface area contributed by atoms with Crippen LogP contribution in [-0.2, 0) is 6.42 Å². The summed E-state index contributed by atoms with van der Waals surface area (Å²) in [6.45, 7) is 3.86. The quantitative estimate of drug-likeness (QED) is 0.899. The van der Waals surface area contributed by atoms with Crippen molar-refractivity contribution in [2.24, 2.45) is 0 Å². The van der Waals surface area contributed by atoms with Crippen LogP contribution in [0.4, 0.5) is 18.3 Å². The van der Waals surface area contributed by atoms with Gasteiger partial charge in [-0.1, -0.05) is 19.1 Å². The van der Waals surface area contributed by atoms with E-state index in [1.54, 1.807) is 12.1 Å². The zero-order valence-electron chi connectivity index (χ0n) is 11.4. The molecular weight excluding hydrogens is 303 g/mol. The third-order valence-corrected chi connectivity index (χ3v) is 3.42. The molecule has 0 aliphatic carbocycles. The number of hydrogen-bond acceptors (Lipinski definition) is 5. The second-order valence-corrected chi connectivity index (χ2v) is 5.10. The Kier molecular flexibility index (Phi) is 4.66. The minimum Gasteiger partial charge on any atom is -0.406 e. The lowest BCUT2D eigenvalue weighted by molar-refractivity contribution is -0.274. The molecule has 2 rings (SSSR count). The standard InChI is InChI=1S/C13H14F3N3OS/c1-3-11-18-12(21-19-11)17-8(2)9-4-6-10(7-5-9)20-13(14,15)16/h4-8H,3H2,1-2H3,(H,17,18,19)/t8-/m0/s1. The van der Waals surface area contributed by atoms with E-state index >= 15 is 0 Å². The molecule has 0 aliphatic rings. The van der Waals surface area contributed by atoms with Crippen molar-refractivity contribution in [3.63, 3.8) is 0 Å². The highest BCUT2D eigenvalue weighted by molar-refractivity contribution is 7.09. The fourth-order valence-electron chi connectivity index (χ4n) is 1.68. The first kappa shape index (κ1) is 15.6. The molecule has 0 saturated carbocycles. The molecule has 1 aromatic carbocycles. The van der Waals surface area contributed by atoms with E-state index in [4.69, 9.17) is 0 Å². The smallest absolute Gasteiger partial charge is 0.406 e. The minimum atomic E-state index is -4.67. The average molecular weight is 317 g/mol. The highest BCUT2D eigenvalue weighted by atomic mass is 32.1. The predicted octanol–water partition coefficient (Wildman–Crippen LogP) is 4.17. The van der Waals surface area contributed by atoms with E-state index in [0.29, 0.717) is 5.13 Å². The summed E-state index contributed by atoms with van der Waals surface area (Å²) in [5.74, 6) is 0.534. The van der Waals surface area contributed by atoms with Crippen LogP contribution in [0, 0.1) is 0 Å². The van der Waals surface area contributed by atoms with Crippen molar-refractivity contribution in [3.05, 3.63) is 35.7 Å². The highest BCUT2D eigenvalue weighted by Gasteiger charge is 2.31. The molecule has 4 nitrogen and oxygen atoms in total. The minimum absolute atomic E-state index is 0.0948. The number of aryl methyl sites for hydroxylation is 1. The summed E-state index contributed by atoms with van der Waals surface area (Å²) in [6, 6.07) is 5.65. The SMILES string of the molecule is CCc1nsc(N[C@@H](C)c2ccc(OC(F)(F)F)cc2)n1. The molecule has 0 amide bonds. The van der Waals surface area contributed by atoms with Gasteiger partial charge in [-0.2, -0.15) is 4.37 Å². The van der Waals surface area contributed by atoms with Crippen LogP contribution in [-0.4, -0.2) is 15.7 Å². The highest BCUT2D eigenvalue weighted by Crippen LogP contribution is 2.26. The fraction of sp³-hybridized carbons (Fsp3) is 0.385. The van der Waals surface area contributed by atoms with Crippen LogP contribution in [0.2, 0.25) is 0 Å². The maximum absolute atomic E-state index is 12.1. The van der Waals surface area contributed by atoms with Crippen LogP contribution in [0.25, 0.3) is 0 Å². The summed E-state index contributed by atoms with van der Waals surface area (Å²) in [7, 11) is 0. The second kappa shape index (κ2) is 6.30. The molecule has 1 heterocycles. The van der Waals surface area contributed by atoms with Crippen LogP contribution in [0.3, 0.4) is 0 Å². The molecule has 2 aromatic rings. The predicted molar refractivity (Wildman–Crippen MR) is 74.4 cm³/mol. The molecule has 0 aliphatic heterocycles. The lowest BCUT2D eigenvalue weighted by atomic mass is 10.1. The van der Waals surface area contributed by atoms with E-state index in [0.717, 1.165) is 17.8 Å². The molecule has 0 radical (unpaired) electrons. The Hall–Kier alpha value is -1.83. The van der Waals surface area contributed by atoms with Crippen molar-refractivity contribution in [1.29, 1.82) is 0 Å². The first-order chi connectivity index (χ1) is 9.87. The first-order valence-corrected chi connectivity index (χ1v) is 7.09. The van der Waals surface area contributed by atoms with Gasteiger partial charge < -0.3 is 10.1 Å². The normalized spacial score (nSPS) is 13.0. The fourth-order valence-corrected chi connectivity index (χ4v) is 2.42. The number of nitrogens with one attached hydrogen (secondary N) is 1. The van der Waals surface area contributed by atoms with Crippen LogP contribution in [0.5, 0.6) is 5.75 Å². The maximum Gasteiger partial charge on any atom is 0.573 e. The van der Waals surface area contributed by atoms with Crippen LogP contribution < -0.4 is 10.1 Å². The molecule has 0 fully saturated rings. The van der Waals surface area contributed by atoms with Gasteiger partial charge in [-0.3, -0.25) is 0 Å². The lowest BCUT2D eigenvalue weighted by Crippen LogP contribution is -2.17. The molecule has 1 atom stereocenters. The van der Waals surface area contributed by atoms with Gasteiger partial charge in [0.2, 0.25) is 5.13 Å². The van der Waals surface area contributed by atoms with Gasteiger partial charge in [0.25, 0.3) is 0 Å². The number of halogens is 3. The molecule has 21 heavy (non-hydrogen) atoms. The van der Waals surface area contributed by atoms with Gasteiger partial charge in [-0.25, -0.2) is 4.98 Å². The van der Waals surface area contributed by atoms with Crippen molar-refractivity contribution >= 4 is 16.7 Å². The molecule has 1 N–H and O–H groups in total.